The lowest BCUT2D eigenvalue weighted by molar-refractivity contribution is -0.149. The van der Waals surface area contributed by atoms with E-state index >= 15 is 0 Å². The van der Waals surface area contributed by atoms with E-state index in [1.54, 1.807) is 30.3 Å². The van der Waals surface area contributed by atoms with E-state index in [1.165, 1.54) is 6.92 Å². The quantitative estimate of drug-likeness (QED) is 0.738. The fourth-order valence-corrected chi connectivity index (χ4v) is 2.42. The van der Waals surface area contributed by atoms with Crippen molar-refractivity contribution in [3.8, 4) is 0 Å². The predicted octanol–water partition coefficient (Wildman–Crippen LogP) is 0.609. The van der Waals surface area contributed by atoms with E-state index in [9.17, 15) is 14.7 Å². The van der Waals surface area contributed by atoms with E-state index in [1.807, 2.05) is 0 Å². The minimum atomic E-state index is -1.48. The number of carboxylic acid groups (broad SMARTS) is 1. The molecular formula is C15H20N2O4. The van der Waals surface area contributed by atoms with Gasteiger partial charge in [0.15, 0.2) is 5.54 Å². The number of nitrogens with two attached hydrogens (primary N) is 1. The number of nitrogens with one attached hydrogen (secondary N) is 1. The van der Waals surface area contributed by atoms with Crippen LogP contribution in [-0.2, 0) is 19.9 Å². The maximum atomic E-state index is 12.3. The van der Waals surface area contributed by atoms with Gasteiger partial charge in [-0.3, -0.25) is 4.79 Å². The molecule has 1 aromatic carbocycles. The summed E-state index contributed by atoms with van der Waals surface area (Å²) in [5.74, 6) is -1.53. The molecule has 4 N–H and O–H groups in total. The molecule has 1 aromatic rings. The summed E-state index contributed by atoms with van der Waals surface area (Å²) in [5, 5.41) is 12.1. The lowest BCUT2D eigenvalue weighted by Gasteiger charge is -2.28. The number of benzene rings is 1. The van der Waals surface area contributed by atoms with Crippen molar-refractivity contribution in [2.75, 3.05) is 6.54 Å². The van der Waals surface area contributed by atoms with E-state index in [-0.39, 0.29) is 6.10 Å². The summed E-state index contributed by atoms with van der Waals surface area (Å²) in [5.41, 5.74) is 4.54. The first-order chi connectivity index (χ1) is 9.97. The van der Waals surface area contributed by atoms with Crippen molar-refractivity contribution in [2.45, 2.75) is 37.5 Å². The lowest BCUT2D eigenvalue weighted by atomic mass is 9.91. The number of carbonyl (C=O) groups is 2. The van der Waals surface area contributed by atoms with Crippen LogP contribution >= 0.6 is 0 Å². The number of aliphatic carboxylic acids is 1. The summed E-state index contributed by atoms with van der Waals surface area (Å²) in [4.78, 5) is 23.9. The summed E-state index contributed by atoms with van der Waals surface area (Å²) >= 11 is 0. The third-order valence-corrected chi connectivity index (χ3v) is 3.81. The molecule has 3 atom stereocenters. The Hall–Kier alpha value is -1.92. The Morgan fingerprint density at radius 3 is 2.57 bits per heavy atom. The number of carbonyl (C=O) groups excluding carboxylic acids is 1. The largest absolute Gasteiger partial charge is 0.479 e. The molecule has 1 saturated heterocycles. The standard InChI is InChI=1S/C15H20N2O4/c1-15(14(19)20,10-5-3-2-4-6-10)17-13(18)12-8-7-11(9-16)21-12/h2-6,11-12H,7-9,16H2,1H3,(H,17,18)(H,19,20). The summed E-state index contributed by atoms with van der Waals surface area (Å²) in [6.07, 6.45) is 0.497. The summed E-state index contributed by atoms with van der Waals surface area (Å²) in [6.45, 7) is 1.83. The summed E-state index contributed by atoms with van der Waals surface area (Å²) in [6, 6.07) is 8.61. The Balaban J connectivity index is 2.14. The molecule has 0 spiro atoms. The fourth-order valence-electron chi connectivity index (χ4n) is 2.42. The van der Waals surface area contributed by atoms with E-state index in [2.05, 4.69) is 5.32 Å². The molecule has 6 nitrogen and oxygen atoms in total. The van der Waals surface area contributed by atoms with Gasteiger partial charge >= 0.3 is 5.97 Å². The highest BCUT2D eigenvalue weighted by atomic mass is 16.5. The third kappa shape index (κ3) is 3.22. The second-order valence-electron chi connectivity index (χ2n) is 5.35. The van der Waals surface area contributed by atoms with Crippen molar-refractivity contribution in [1.29, 1.82) is 0 Å². The highest BCUT2D eigenvalue weighted by Gasteiger charge is 2.40. The average molecular weight is 292 g/mol. The molecular weight excluding hydrogens is 272 g/mol. The van der Waals surface area contributed by atoms with Crippen molar-refractivity contribution >= 4 is 11.9 Å². The van der Waals surface area contributed by atoms with Crippen LogP contribution in [0.15, 0.2) is 30.3 Å². The number of carboxylic acids is 1. The Kier molecular flexibility index (Phi) is 4.59. The topological polar surface area (TPSA) is 102 Å². The molecule has 1 aliphatic heterocycles. The van der Waals surface area contributed by atoms with Gasteiger partial charge in [0.1, 0.15) is 6.10 Å². The van der Waals surface area contributed by atoms with Crippen molar-refractivity contribution in [2.24, 2.45) is 5.73 Å². The summed E-state index contributed by atoms with van der Waals surface area (Å²) in [7, 11) is 0. The molecule has 0 aliphatic carbocycles. The van der Waals surface area contributed by atoms with Crippen LogP contribution in [0.2, 0.25) is 0 Å². The van der Waals surface area contributed by atoms with Crippen LogP contribution in [0.3, 0.4) is 0 Å². The molecule has 0 aromatic heterocycles. The predicted molar refractivity (Wildman–Crippen MR) is 76.5 cm³/mol. The number of ether oxygens (including phenoxy) is 1. The molecule has 1 amide bonds. The van der Waals surface area contributed by atoms with Crippen molar-refractivity contribution in [3.63, 3.8) is 0 Å². The number of hydrogen-bond acceptors (Lipinski definition) is 4. The Morgan fingerprint density at radius 2 is 2.05 bits per heavy atom. The van der Waals surface area contributed by atoms with Crippen LogP contribution in [-0.4, -0.2) is 35.7 Å². The molecule has 1 heterocycles. The molecule has 2 rings (SSSR count). The molecule has 0 radical (unpaired) electrons. The Bertz CT molecular complexity index is 520. The fraction of sp³-hybridized carbons (Fsp3) is 0.467. The van der Waals surface area contributed by atoms with Crippen LogP contribution in [0.25, 0.3) is 0 Å². The Morgan fingerprint density at radius 1 is 1.38 bits per heavy atom. The van der Waals surface area contributed by atoms with Gasteiger partial charge in [-0.1, -0.05) is 30.3 Å². The number of amides is 1. The molecule has 114 valence electrons. The Labute approximate surface area is 123 Å². The first kappa shape index (κ1) is 15.5. The zero-order chi connectivity index (χ0) is 15.5. The van der Waals surface area contributed by atoms with E-state index in [0.29, 0.717) is 24.9 Å². The second kappa shape index (κ2) is 6.24. The van der Waals surface area contributed by atoms with Gasteiger partial charge in [-0.15, -0.1) is 0 Å². The van der Waals surface area contributed by atoms with E-state index < -0.39 is 23.5 Å². The zero-order valence-corrected chi connectivity index (χ0v) is 11.9. The molecule has 0 saturated carbocycles. The van der Waals surface area contributed by atoms with Gasteiger partial charge in [-0.25, -0.2) is 4.79 Å². The zero-order valence-electron chi connectivity index (χ0n) is 11.9. The minimum absolute atomic E-state index is 0.131. The average Bonchev–Trinajstić information content (AvgIpc) is 2.97. The van der Waals surface area contributed by atoms with Crippen LogP contribution in [0.5, 0.6) is 0 Å². The molecule has 21 heavy (non-hydrogen) atoms. The maximum Gasteiger partial charge on any atom is 0.333 e. The normalized spacial score (nSPS) is 24.3. The van der Waals surface area contributed by atoms with Crippen LogP contribution in [0, 0.1) is 0 Å². The molecule has 0 bridgehead atoms. The molecule has 6 heteroatoms. The highest BCUT2D eigenvalue weighted by Crippen LogP contribution is 2.24. The third-order valence-electron chi connectivity index (χ3n) is 3.81. The first-order valence-corrected chi connectivity index (χ1v) is 6.94. The van der Waals surface area contributed by atoms with Gasteiger partial charge in [-0.05, 0) is 25.3 Å². The minimum Gasteiger partial charge on any atom is -0.479 e. The smallest absolute Gasteiger partial charge is 0.333 e. The first-order valence-electron chi connectivity index (χ1n) is 6.94. The van der Waals surface area contributed by atoms with Gasteiger partial charge in [0.25, 0.3) is 0 Å². The van der Waals surface area contributed by atoms with Gasteiger partial charge in [0.05, 0.1) is 6.10 Å². The molecule has 3 unspecified atom stereocenters. The number of rotatable bonds is 5. The molecule has 1 fully saturated rings. The maximum absolute atomic E-state index is 12.3. The van der Waals surface area contributed by atoms with Crippen molar-refractivity contribution in [3.05, 3.63) is 35.9 Å². The van der Waals surface area contributed by atoms with Crippen molar-refractivity contribution < 1.29 is 19.4 Å². The van der Waals surface area contributed by atoms with Gasteiger partial charge in [0, 0.05) is 6.54 Å². The molecule has 1 aliphatic rings. The van der Waals surface area contributed by atoms with Gasteiger partial charge in [0.2, 0.25) is 5.91 Å². The van der Waals surface area contributed by atoms with Crippen LogP contribution in [0.4, 0.5) is 0 Å². The van der Waals surface area contributed by atoms with Crippen LogP contribution < -0.4 is 11.1 Å². The number of hydrogen-bond donors (Lipinski definition) is 3. The van der Waals surface area contributed by atoms with Crippen LogP contribution in [0.1, 0.15) is 25.3 Å². The van der Waals surface area contributed by atoms with Crippen molar-refractivity contribution in [1.82, 2.24) is 5.32 Å². The lowest BCUT2D eigenvalue weighted by Crippen LogP contribution is -2.52. The second-order valence-corrected chi connectivity index (χ2v) is 5.35. The van der Waals surface area contributed by atoms with Gasteiger partial charge in [-0.2, -0.15) is 0 Å². The SMILES string of the molecule is CC(NC(=O)C1CCC(CN)O1)(C(=O)O)c1ccccc1. The van der Waals surface area contributed by atoms with E-state index in [4.69, 9.17) is 10.5 Å². The van der Waals surface area contributed by atoms with Gasteiger partial charge < -0.3 is 20.9 Å². The van der Waals surface area contributed by atoms with E-state index in [0.717, 1.165) is 0 Å². The highest BCUT2D eigenvalue weighted by molar-refractivity contribution is 5.89. The monoisotopic (exact) mass is 292 g/mol. The summed E-state index contributed by atoms with van der Waals surface area (Å²) < 4.78 is 5.50.